The molecule has 0 aromatic carbocycles. The van der Waals surface area contributed by atoms with Gasteiger partial charge in [0.2, 0.25) is 0 Å². The van der Waals surface area contributed by atoms with Crippen LogP contribution in [0.25, 0.3) is 0 Å². The summed E-state index contributed by atoms with van der Waals surface area (Å²) in [5.74, 6) is 0. The minimum absolute atomic E-state index is 0.712. The fourth-order valence-electron chi connectivity index (χ4n) is 0.588. The molecule has 1 rings (SSSR count). The maximum Gasteiger partial charge on any atom is 0.0966 e. The predicted octanol–water partition coefficient (Wildman–Crippen LogP) is 1.62. The van der Waals surface area contributed by atoms with Crippen LogP contribution in [0.5, 0.6) is 0 Å². The van der Waals surface area contributed by atoms with Gasteiger partial charge in [-0.25, -0.2) is 0 Å². The van der Waals surface area contributed by atoms with Gasteiger partial charge in [0.1, 0.15) is 0 Å². The van der Waals surface area contributed by atoms with Gasteiger partial charge in [0.05, 0.1) is 11.6 Å². The van der Waals surface area contributed by atoms with E-state index in [2.05, 4.69) is 27.3 Å². The second kappa shape index (κ2) is 2.70. The van der Waals surface area contributed by atoms with E-state index in [9.17, 15) is 0 Å². The first-order valence-corrected chi connectivity index (χ1v) is 3.32. The predicted molar refractivity (Wildman–Crippen MR) is 38.5 cm³/mol. The lowest BCUT2D eigenvalue weighted by Gasteiger charge is -2.04. The van der Waals surface area contributed by atoms with Gasteiger partial charge in [0.25, 0.3) is 0 Å². The molecular weight excluding hydrogens is 180 g/mol. The topological polar surface area (TPSA) is 35.8 Å². The Morgan fingerprint density at radius 2 is 2.44 bits per heavy atom. The van der Waals surface area contributed by atoms with Crippen molar-refractivity contribution < 1.29 is 0 Å². The highest BCUT2D eigenvalue weighted by Crippen LogP contribution is 2.17. The summed E-state index contributed by atoms with van der Waals surface area (Å²) in [4.78, 5) is 0. The summed E-state index contributed by atoms with van der Waals surface area (Å²) in [5.41, 5.74) is 0.754. The molecule has 0 amide bonds. The van der Waals surface area contributed by atoms with Gasteiger partial charge in [-0.1, -0.05) is 15.9 Å². The first kappa shape index (κ1) is 6.37. The largest absolute Gasteiger partial charge is 0.366 e. The number of rotatable bonds is 0. The number of nitrogens with one attached hydrogen (secondary N) is 1. The lowest BCUT2D eigenvalue weighted by atomic mass is 10.2. The average molecular weight is 185 g/mol. The van der Waals surface area contributed by atoms with Crippen molar-refractivity contribution in [1.82, 2.24) is 5.32 Å². The summed E-state index contributed by atoms with van der Waals surface area (Å²) >= 11 is 3.28. The fraction of sp³-hybridized carbons (Fsp3) is 0.167. The summed E-state index contributed by atoms with van der Waals surface area (Å²) in [7, 11) is 0. The molecule has 2 nitrogen and oxygen atoms in total. The van der Waals surface area contributed by atoms with Gasteiger partial charge in [-0.2, -0.15) is 5.26 Å². The van der Waals surface area contributed by atoms with Gasteiger partial charge >= 0.3 is 0 Å². The van der Waals surface area contributed by atoms with E-state index < -0.39 is 0 Å². The Morgan fingerprint density at radius 3 is 2.89 bits per heavy atom. The number of nitriles is 1. The molecule has 46 valence electrons. The Bertz CT molecular complexity index is 210. The first-order valence-electron chi connectivity index (χ1n) is 2.52. The molecule has 9 heavy (non-hydrogen) atoms. The number of halogens is 1. The number of hydrogen-bond donors (Lipinski definition) is 1. The quantitative estimate of drug-likeness (QED) is 0.622. The molecule has 0 bridgehead atoms. The third kappa shape index (κ3) is 1.58. The molecule has 0 spiro atoms. The van der Waals surface area contributed by atoms with Crippen LogP contribution in [0.4, 0.5) is 0 Å². The second-order valence-electron chi connectivity index (χ2n) is 1.72. The molecule has 0 saturated heterocycles. The molecule has 0 radical (unpaired) electrons. The Morgan fingerprint density at radius 1 is 1.67 bits per heavy atom. The lowest BCUT2D eigenvalue weighted by molar-refractivity contribution is 1.06. The molecule has 0 fully saturated rings. The zero-order valence-electron chi connectivity index (χ0n) is 4.69. The molecule has 0 aromatic heterocycles. The Kier molecular flexibility index (Phi) is 1.91. The minimum atomic E-state index is 0.712. The molecule has 0 aliphatic carbocycles. The molecular formula is C6H5BrN2. The van der Waals surface area contributed by atoms with E-state index in [4.69, 9.17) is 5.26 Å². The van der Waals surface area contributed by atoms with E-state index in [-0.39, 0.29) is 0 Å². The maximum absolute atomic E-state index is 8.40. The van der Waals surface area contributed by atoms with Crippen LogP contribution in [0, 0.1) is 11.3 Å². The zero-order valence-corrected chi connectivity index (χ0v) is 6.27. The van der Waals surface area contributed by atoms with Gasteiger partial charge < -0.3 is 5.32 Å². The molecule has 1 aliphatic rings. The van der Waals surface area contributed by atoms with Crippen molar-refractivity contribution >= 4 is 15.9 Å². The molecule has 1 heterocycles. The average Bonchev–Trinajstić information content (AvgIpc) is 1.88. The minimum Gasteiger partial charge on any atom is -0.366 e. The van der Waals surface area contributed by atoms with Gasteiger partial charge in [0, 0.05) is 23.3 Å². The number of dihydropyridines is 1. The maximum atomic E-state index is 8.40. The number of hydrogen-bond acceptors (Lipinski definition) is 2. The van der Waals surface area contributed by atoms with Crippen molar-refractivity contribution in [2.24, 2.45) is 0 Å². The molecule has 0 unspecified atom stereocenters. The fourth-order valence-corrected chi connectivity index (χ4v) is 1.02. The molecule has 1 aliphatic heterocycles. The van der Waals surface area contributed by atoms with Crippen LogP contribution in [0.15, 0.2) is 22.5 Å². The van der Waals surface area contributed by atoms with E-state index in [1.165, 1.54) is 0 Å². The Labute approximate surface area is 62.0 Å². The highest BCUT2D eigenvalue weighted by molar-refractivity contribution is 9.11. The lowest BCUT2D eigenvalue weighted by Crippen LogP contribution is -2.01. The van der Waals surface area contributed by atoms with Crippen LogP contribution in [0.2, 0.25) is 0 Å². The van der Waals surface area contributed by atoms with Crippen molar-refractivity contribution in [3.63, 3.8) is 0 Å². The van der Waals surface area contributed by atoms with Crippen molar-refractivity contribution in [2.45, 2.75) is 6.42 Å². The zero-order chi connectivity index (χ0) is 6.69. The third-order valence-electron chi connectivity index (χ3n) is 1.00. The second-order valence-corrected chi connectivity index (χ2v) is 2.73. The van der Waals surface area contributed by atoms with E-state index in [1.807, 2.05) is 6.20 Å². The molecule has 0 aromatic rings. The SMILES string of the molecule is N#CC1=CNC=C(Br)C1. The van der Waals surface area contributed by atoms with Crippen LogP contribution in [-0.2, 0) is 0 Å². The van der Waals surface area contributed by atoms with Crippen molar-refractivity contribution in [2.75, 3.05) is 0 Å². The third-order valence-corrected chi connectivity index (χ3v) is 1.51. The first-order chi connectivity index (χ1) is 4.33. The van der Waals surface area contributed by atoms with Crippen LogP contribution in [-0.4, -0.2) is 0 Å². The molecule has 0 saturated carbocycles. The van der Waals surface area contributed by atoms with Crippen LogP contribution >= 0.6 is 15.9 Å². The van der Waals surface area contributed by atoms with Crippen LogP contribution in [0.3, 0.4) is 0 Å². The summed E-state index contributed by atoms with van der Waals surface area (Å²) in [6.07, 6.45) is 4.23. The normalized spacial score (nSPS) is 16.9. The summed E-state index contributed by atoms with van der Waals surface area (Å²) in [6.45, 7) is 0. The van der Waals surface area contributed by atoms with Crippen molar-refractivity contribution in [3.05, 3.63) is 22.5 Å². The van der Waals surface area contributed by atoms with E-state index in [1.54, 1.807) is 6.20 Å². The van der Waals surface area contributed by atoms with Gasteiger partial charge in [-0.05, 0) is 0 Å². The summed E-state index contributed by atoms with van der Waals surface area (Å²) in [6, 6.07) is 2.06. The van der Waals surface area contributed by atoms with Crippen LogP contribution in [0.1, 0.15) is 6.42 Å². The number of nitrogens with zero attached hydrogens (tertiary/aromatic N) is 1. The smallest absolute Gasteiger partial charge is 0.0966 e. The summed E-state index contributed by atoms with van der Waals surface area (Å²) < 4.78 is 1.02. The Balaban J connectivity index is 2.65. The molecule has 1 N–H and O–H groups in total. The van der Waals surface area contributed by atoms with Gasteiger partial charge in [-0.15, -0.1) is 0 Å². The Hall–Kier alpha value is -0.750. The van der Waals surface area contributed by atoms with Crippen molar-refractivity contribution in [3.8, 4) is 6.07 Å². The monoisotopic (exact) mass is 184 g/mol. The number of allylic oxidation sites excluding steroid dienone is 2. The van der Waals surface area contributed by atoms with Crippen LogP contribution < -0.4 is 5.32 Å². The molecule has 3 heteroatoms. The highest BCUT2D eigenvalue weighted by Gasteiger charge is 2.01. The van der Waals surface area contributed by atoms with E-state index in [0.29, 0.717) is 6.42 Å². The van der Waals surface area contributed by atoms with Gasteiger partial charge in [-0.3, -0.25) is 0 Å². The van der Waals surface area contributed by atoms with Crippen molar-refractivity contribution in [1.29, 1.82) is 5.26 Å². The van der Waals surface area contributed by atoms with E-state index in [0.717, 1.165) is 10.1 Å². The van der Waals surface area contributed by atoms with Gasteiger partial charge in [0.15, 0.2) is 0 Å². The summed E-state index contributed by atoms with van der Waals surface area (Å²) in [5, 5.41) is 11.2. The molecule has 0 atom stereocenters. The standard InChI is InChI=1S/C6H5BrN2/c7-6-1-5(2-8)3-9-4-6/h3-4,9H,1H2. The highest BCUT2D eigenvalue weighted by atomic mass is 79.9. The van der Waals surface area contributed by atoms with E-state index >= 15 is 0 Å².